The Morgan fingerprint density at radius 1 is 1.07 bits per heavy atom. The number of nitro groups is 1. The van der Waals surface area contributed by atoms with Gasteiger partial charge in [-0.25, -0.2) is 0 Å². The van der Waals surface area contributed by atoms with Gasteiger partial charge in [0.25, 0.3) is 11.6 Å². The van der Waals surface area contributed by atoms with Gasteiger partial charge in [0.1, 0.15) is 5.75 Å². The first-order valence-corrected chi connectivity index (χ1v) is 8.39. The third kappa shape index (κ3) is 3.55. The molecular formula is C19H15ClN2O5. The quantitative estimate of drug-likeness (QED) is 0.513. The standard InChI is InChI=1S/C19H15ClN2O5/c20-16-9-8-14-15(18(16)24)2-1-3-17(14)21(10-11-23)19(25)12-4-6-13(7-5-12)22(26)27/h1-9,23-24H,10-11H2. The van der Waals surface area contributed by atoms with Crippen LogP contribution in [-0.2, 0) is 0 Å². The second-order valence-electron chi connectivity index (χ2n) is 5.75. The van der Waals surface area contributed by atoms with Gasteiger partial charge >= 0.3 is 0 Å². The van der Waals surface area contributed by atoms with E-state index in [9.17, 15) is 25.1 Å². The molecule has 3 aromatic rings. The summed E-state index contributed by atoms with van der Waals surface area (Å²) in [5.74, 6) is -0.524. The summed E-state index contributed by atoms with van der Waals surface area (Å²) in [6, 6.07) is 13.5. The number of hydrogen-bond donors (Lipinski definition) is 2. The molecule has 0 fully saturated rings. The van der Waals surface area contributed by atoms with Crippen LogP contribution in [0.15, 0.2) is 54.6 Å². The van der Waals surface area contributed by atoms with Gasteiger partial charge < -0.3 is 15.1 Å². The molecule has 0 aliphatic rings. The van der Waals surface area contributed by atoms with Crippen molar-refractivity contribution in [2.45, 2.75) is 0 Å². The number of rotatable bonds is 5. The van der Waals surface area contributed by atoms with E-state index in [4.69, 9.17) is 11.6 Å². The molecule has 0 heterocycles. The Labute approximate surface area is 159 Å². The molecule has 0 atom stereocenters. The highest BCUT2D eigenvalue weighted by atomic mass is 35.5. The number of fused-ring (bicyclic) bond motifs is 1. The number of benzene rings is 3. The summed E-state index contributed by atoms with van der Waals surface area (Å²) < 4.78 is 0. The van der Waals surface area contributed by atoms with Crippen LogP contribution < -0.4 is 4.90 Å². The molecule has 0 aromatic heterocycles. The highest BCUT2D eigenvalue weighted by molar-refractivity contribution is 6.33. The number of aromatic hydroxyl groups is 1. The Bertz CT molecular complexity index is 1020. The Morgan fingerprint density at radius 2 is 1.78 bits per heavy atom. The van der Waals surface area contributed by atoms with Gasteiger partial charge in [0.05, 0.1) is 22.2 Å². The number of carbonyl (C=O) groups excluding carboxylic acids is 1. The van der Waals surface area contributed by atoms with Crippen LogP contribution in [0.4, 0.5) is 11.4 Å². The zero-order valence-electron chi connectivity index (χ0n) is 14.0. The molecule has 0 radical (unpaired) electrons. The van der Waals surface area contributed by atoms with E-state index in [0.29, 0.717) is 16.5 Å². The van der Waals surface area contributed by atoms with Crippen molar-refractivity contribution in [3.8, 4) is 5.75 Å². The molecule has 0 aliphatic heterocycles. The summed E-state index contributed by atoms with van der Waals surface area (Å²) in [5.41, 5.74) is 0.603. The van der Waals surface area contributed by atoms with E-state index < -0.39 is 10.8 Å². The number of amides is 1. The fourth-order valence-electron chi connectivity index (χ4n) is 2.85. The first-order chi connectivity index (χ1) is 12.9. The lowest BCUT2D eigenvalue weighted by Gasteiger charge is -2.24. The predicted octanol–water partition coefficient (Wildman–Crippen LogP) is 3.75. The molecule has 0 bridgehead atoms. The van der Waals surface area contributed by atoms with Crippen LogP contribution in [0, 0.1) is 10.1 Å². The van der Waals surface area contributed by atoms with Gasteiger partial charge in [0.2, 0.25) is 0 Å². The van der Waals surface area contributed by atoms with Gasteiger partial charge in [-0.1, -0.05) is 29.8 Å². The molecule has 0 aliphatic carbocycles. The average Bonchev–Trinajstić information content (AvgIpc) is 2.68. The Kier molecular flexibility index (Phi) is 5.25. The van der Waals surface area contributed by atoms with Crippen LogP contribution in [0.3, 0.4) is 0 Å². The molecule has 0 saturated heterocycles. The highest BCUT2D eigenvalue weighted by Gasteiger charge is 2.21. The number of hydrogen-bond acceptors (Lipinski definition) is 5. The van der Waals surface area contributed by atoms with Gasteiger partial charge in [0.15, 0.2) is 0 Å². The number of carbonyl (C=O) groups is 1. The number of nitro benzene ring substituents is 1. The zero-order chi connectivity index (χ0) is 19.6. The number of aliphatic hydroxyl groups is 1. The third-order valence-corrected chi connectivity index (χ3v) is 4.45. The van der Waals surface area contributed by atoms with Gasteiger partial charge in [-0.15, -0.1) is 0 Å². The molecule has 138 valence electrons. The minimum Gasteiger partial charge on any atom is -0.506 e. The molecule has 0 spiro atoms. The number of aliphatic hydroxyl groups excluding tert-OH is 1. The van der Waals surface area contributed by atoms with Crippen LogP contribution in [-0.4, -0.2) is 34.2 Å². The van der Waals surface area contributed by atoms with E-state index in [-0.39, 0.29) is 35.2 Å². The molecule has 0 unspecified atom stereocenters. The number of nitrogens with zero attached hydrogens (tertiary/aromatic N) is 2. The summed E-state index contributed by atoms with van der Waals surface area (Å²) in [4.78, 5) is 24.6. The van der Waals surface area contributed by atoms with E-state index in [2.05, 4.69) is 0 Å². The largest absolute Gasteiger partial charge is 0.506 e. The first-order valence-electron chi connectivity index (χ1n) is 8.01. The van der Waals surface area contributed by atoms with Crippen LogP contribution >= 0.6 is 11.6 Å². The lowest BCUT2D eigenvalue weighted by Crippen LogP contribution is -2.33. The van der Waals surface area contributed by atoms with Crippen LogP contribution in [0.25, 0.3) is 10.8 Å². The van der Waals surface area contributed by atoms with Gasteiger partial charge in [0, 0.05) is 35.0 Å². The molecular weight excluding hydrogens is 372 g/mol. The lowest BCUT2D eigenvalue weighted by molar-refractivity contribution is -0.384. The Balaban J connectivity index is 2.08. The van der Waals surface area contributed by atoms with Crippen molar-refractivity contribution < 1.29 is 19.9 Å². The second-order valence-corrected chi connectivity index (χ2v) is 6.16. The van der Waals surface area contributed by atoms with Crippen LogP contribution in [0.2, 0.25) is 5.02 Å². The van der Waals surface area contributed by atoms with Gasteiger partial charge in [-0.2, -0.15) is 0 Å². The number of halogens is 1. The molecule has 1 amide bonds. The van der Waals surface area contributed by atoms with Crippen molar-refractivity contribution in [2.75, 3.05) is 18.1 Å². The van der Waals surface area contributed by atoms with E-state index in [1.54, 1.807) is 24.3 Å². The minimum atomic E-state index is -0.545. The SMILES string of the molecule is O=C(c1ccc([N+](=O)[O-])cc1)N(CCO)c1cccc2c(O)c(Cl)ccc12. The van der Waals surface area contributed by atoms with Crippen molar-refractivity contribution in [1.29, 1.82) is 0 Å². The molecule has 8 heteroatoms. The fourth-order valence-corrected chi connectivity index (χ4v) is 3.01. The minimum absolute atomic E-state index is 0.0122. The van der Waals surface area contributed by atoms with E-state index >= 15 is 0 Å². The average molecular weight is 387 g/mol. The number of phenolic OH excluding ortho intramolecular Hbond substituents is 1. The van der Waals surface area contributed by atoms with Crippen molar-refractivity contribution in [3.63, 3.8) is 0 Å². The molecule has 3 rings (SSSR count). The maximum absolute atomic E-state index is 13.0. The maximum Gasteiger partial charge on any atom is 0.269 e. The topological polar surface area (TPSA) is 104 Å². The maximum atomic E-state index is 13.0. The molecule has 2 N–H and O–H groups in total. The Morgan fingerprint density at radius 3 is 2.41 bits per heavy atom. The smallest absolute Gasteiger partial charge is 0.269 e. The normalized spacial score (nSPS) is 10.7. The molecule has 3 aromatic carbocycles. The van der Waals surface area contributed by atoms with Crippen LogP contribution in [0.5, 0.6) is 5.75 Å². The second kappa shape index (κ2) is 7.61. The van der Waals surface area contributed by atoms with Crippen molar-refractivity contribution in [3.05, 3.63) is 75.3 Å². The number of anilines is 1. The predicted molar refractivity (Wildman–Crippen MR) is 102 cm³/mol. The lowest BCUT2D eigenvalue weighted by atomic mass is 10.1. The van der Waals surface area contributed by atoms with Crippen molar-refractivity contribution >= 4 is 39.7 Å². The monoisotopic (exact) mass is 386 g/mol. The van der Waals surface area contributed by atoms with E-state index in [0.717, 1.165) is 0 Å². The molecule has 0 saturated carbocycles. The molecule has 27 heavy (non-hydrogen) atoms. The summed E-state index contributed by atoms with van der Waals surface area (Å²) in [7, 11) is 0. The van der Waals surface area contributed by atoms with E-state index in [1.165, 1.54) is 35.2 Å². The summed E-state index contributed by atoms with van der Waals surface area (Å²) in [5, 5.41) is 31.6. The number of non-ortho nitro benzene ring substituents is 1. The highest BCUT2D eigenvalue weighted by Crippen LogP contribution is 2.37. The van der Waals surface area contributed by atoms with Crippen molar-refractivity contribution in [1.82, 2.24) is 0 Å². The third-order valence-electron chi connectivity index (χ3n) is 4.15. The zero-order valence-corrected chi connectivity index (χ0v) is 14.8. The summed E-state index contributed by atoms with van der Waals surface area (Å²) >= 11 is 5.95. The van der Waals surface area contributed by atoms with E-state index in [1.807, 2.05) is 0 Å². The summed E-state index contributed by atoms with van der Waals surface area (Å²) in [6.45, 7) is -0.271. The summed E-state index contributed by atoms with van der Waals surface area (Å²) in [6.07, 6.45) is 0. The first kappa shape index (κ1) is 18.6. The number of phenols is 1. The van der Waals surface area contributed by atoms with Crippen molar-refractivity contribution in [2.24, 2.45) is 0 Å². The fraction of sp³-hybridized carbons (Fsp3) is 0.105. The van der Waals surface area contributed by atoms with Crippen LogP contribution in [0.1, 0.15) is 10.4 Å². The molecule has 7 nitrogen and oxygen atoms in total. The van der Waals surface area contributed by atoms with Gasteiger partial charge in [-0.05, 0) is 24.3 Å². The van der Waals surface area contributed by atoms with Gasteiger partial charge in [-0.3, -0.25) is 14.9 Å². The Hall–Kier alpha value is -3.16.